The standard InChI is InChI=1S/C18H22O3/c1-18-9-15(20)17-12-5-3-11(19)8-10(12)2-4-13(17)14(18)6-7-16(18)21/h3,5,8,13-15,17,19-20H,2,4,6-7,9H2,1H3/t13-,14+,15+,17-,18-/m1/s1. The number of rotatable bonds is 0. The second-order valence-corrected chi connectivity index (χ2v) is 7.37. The zero-order valence-electron chi connectivity index (χ0n) is 12.4. The van der Waals surface area contributed by atoms with Crippen LogP contribution in [0.3, 0.4) is 0 Å². The van der Waals surface area contributed by atoms with Crippen LogP contribution in [0.2, 0.25) is 0 Å². The molecule has 3 aliphatic carbocycles. The van der Waals surface area contributed by atoms with Crippen molar-refractivity contribution in [3.63, 3.8) is 0 Å². The Labute approximate surface area is 125 Å². The van der Waals surface area contributed by atoms with E-state index in [1.165, 1.54) is 11.1 Å². The van der Waals surface area contributed by atoms with E-state index in [0.29, 0.717) is 36.2 Å². The molecule has 21 heavy (non-hydrogen) atoms. The lowest BCUT2D eigenvalue weighted by Crippen LogP contribution is -2.48. The first kappa shape index (κ1) is 13.3. The van der Waals surface area contributed by atoms with Crippen molar-refractivity contribution < 1.29 is 15.0 Å². The van der Waals surface area contributed by atoms with Crippen LogP contribution in [0.1, 0.15) is 49.7 Å². The van der Waals surface area contributed by atoms with E-state index >= 15 is 0 Å². The Morgan fingerprint density at radius 1 is 1.24 bits per heavy atom. The number of aromatic hydroxyl groups is 1. The molecule has 2 fully saturated rings. The smallest absolute Gasteiger partial charge is 0.139 e. The van der Waals surface area contributed by atoms with Crippen molar-refractivity contribution in [3.05, 3.63) is 29.3 Å². The highest BCUT2D eigenvalue weighted by Gasteiger charge is 2.57. The number of phenolic OH excluding ortho intramolecular Hbond substituents is 1. The number of fused-ring (bicyclic) bond motifs is 5. The van der Waals surface area contributed by atoms with Gasteiger partial charge in [-0.1, -0.05) is 13.0 Å². The summed E-state index contributed by atoms with van der Waals surface area (Å²) in [5, 5.41) is 20.4. The third-order valence-electron chi connectivity index (χ3n) is 6.40. The summed E-state index contributed by atoms with van der Waals surface area (Å²) >= 11 is 0. The number of hydrogen-bond donors (Lipinski definition) is 2. The largest absolute Gasteiger partial charge is 0.508 e. The zero-order chi connectivity index (χ0) is 14.8. The van der Waals surface area contributed by atoms with Gasteiger partial charge in [0.15, 0.2) is 0 Å². The van der Waals surface area contributed by atoms with Crippen molar-refractivity contribution in [2.45, 2.75) is 51.0 Å². The molecule has 1 aromatic carbocycles. The number of carbonyl (C=O) groups is 1. The fourth-order valence-corrected chi connectivity index (χ4v) is 5.42. The van der Waals surface area contributed by atoms with Crippen molar-refractivity contribution in [3.8, 4) is 5.75 Å². The fraction of sp³-hybridized carbons (Fsp3) is 0.611. The van der Waals surface area contributed by atoms with Crippen LogP contribution in [0.5, 0.6) is 5.75 Å². The van der Waals surface area contributed by atoms with Crippen LogP contribution in [0.4, 0.5) is 0 Å². The Morgan fingerprint density at radius 2 is 2.05 bits per heavy atom. The van der Waals surface area contributed by atoms with Gasteiger partial charge < -0.3 is 10.2 Å². The Bertz CT molecular complexity index is 608. The van der Waals surface area contributed by atoms with E-state index in [4.69, 9.17) is 0 Å². The molecule has 2 saturated carbocycles. The Morgan fingerprint density at radius 3 is 2.86 bits per heavy atom. The topological polar surface area (TPSA) is 57.5 Å². The predicted molar refractivity (Wildman–Crippen MR) is 79.1 cm³/mol. The quantitative estimate of drug-likeness (QED) is 0.771. The molecule has 1 aromatic rings. The van der Waals surface area contributed by atoms with Gasteiger partial charge in [-0.05, 0) is 60.8 Å². The molecule has 0 bridgehead atoms. The minimum Gasteiger partial charge on any atom is -0.508 e. The molecule has 0 unspecified atom stereocenters. The third-order valence-corrected chi connectivity index (χ3v) is 6.40. The van der Waals surface area contributed by atoms with Gasteiger partial charge in [0.1, 0.15) is 11.5 Å². The van der Waals surface area contributed by atoms with E-state index in [-0.39, 0.29) is 11.3 Å². The number of aryl methyl sites for hydroxylation is 1. The number of benzene rings is 1. The van der Waals surface area contributed by atoms with E-state index < -0.39 is 6.10 Å². The highest BCUT2D eigenvalue weighted by Crippen LogP contribution is 2.59. The first-order valence-corrected chi connectivity index (χ1v) is 8.04. The van der Waals surface area contributed by atoms with Crippen molar-refractivity contribution in [2.24, 2.45) is 17.3 Å². The third kappa shape index (κ3) is 1.73. The monoisotopic (exact) mass is 286 g/mol. The van der Waals surface area contributed by atoms with Crippen molar-refractivity contribution in [1.29, 1.82) is 0 Å². The summed E-state index contributed by atoms with van der Waals surface area (Å²) in [7, 11) is 0. The molecular formula is C18H22O3. The average molecular weight is 286 g/mol. The molecule has 5 atom stereocenters. The number of ketones is 1. The number of aliphatic hydroxyl groups excluding tert-OH is 1. The van der Waals surface area contributed by atoms with Crippen LogP contribution < -0.4 is 0 Å². The number of carbonyl (C=O) groups excluding carboxylic acids is 1. The van der Waals surface area contributed by atoms with Crippen molar-refractivity contribution in [1.82, 2.24) is 0 Å². The van der Waals surface area contributed by atoms with E-state index in [0.717, 1.165) is 19.3 Å². The normalized spacial score (nSPS) is 41.3. The molecule has 3 heteroatoms. The molecule has 0 aromatic heterocycles. The maximum Gasteiger partial charge on any atom is 0.139 e. The molecule has 2 N–H and O–H groups in total. The lowest BCUT2D eigenvalue weighted by Gasteiger charge is -2.50. The van der Waals surface area contributed by atoms with Gasteiger partial charge in [0, 0.05) is 17.8 Å². The van der Waals surface area contributed by atoms with Crippen molar-refractivity contribution in [2.75, 3.05) is 0 Å². The zero-order valence-corrected chi connectivity index (χ0v) is 12.4. The number of hydrogen-bond acceptors (Lipinski definition) is 3. The van der Waals surface area contributed by atoms with Crippen LogP contribution in [-0.4, -0.2) is 22.1 Å². The SMILES string of the molecule is C[C@@]12C[C@H](O)[C@@H]3c4ccc(O)cc4CC[C@@H]3[C@@H]1CCC2=O. The Balaban J connectivity index is 1.78. The summed E-state index contributed by atoms with van der Waals surface area (Å²) in [6.07, 6.45) is 3.78. The molecule has 3 nitrogen and oxygen atoms in total. The first-order chi connectivity index (χ1) is 10.0. The summed E-state index contributed by atoms with van der Waals surface area (Å²) < 4.78 is 0. The molecule has 0 radical (unpaired) electrons. The van der Waals surface area contributed by atoms with Gasteiger partial charge in [-0.25, -0.2) is 0 Å². The minimum absolute atomic E-state index is 0.137. The van der Waals surface area contributed by atoms with Crippen LogP contribution in [0.25, 0.3) is 0 Å². The maximum atomic E-state index is 12.3. The number of aliphatic hydroxyl groups is 1. The second kappa shape index (κ2) is 4.33. The van der Waals surface area contributed by atoms with E-state index in [1.54, 1.807) is 6.07 Å². The fourth-order valence-electron chi connectivity index (χ4n) is 5.42. The summed E-state index contributed by atoms with van der Waals surface area (Å²) in [5.74, 6) is 1.61. The highest BCUT2D eigenvalue weighted by molar-refractivity contribution is 5.87. The minimum atomic E-state index is -0.443. The lowest BCUT2D eigenvalue weighted by atomic mass is 9.54. The van der Waals surface area contributed by atoms with Crippen LogP contribution >= 0.6 is 0 Å². The van der Waals surface area contributed by atoms with Gasteiger partial charge in [-0.2, -0.15) is 0 Å². The summed E-state index contributed by atoms with van der Waals surface area (Å²) in [5.41, 5.74) is 2.05. The summed E-state index contributed by atoms with van der Waals surface area (Å²) in [4.78, 5) is 12.3. The first-order valence-electron chi connectivity index (χ1n) is 8.04. The van der Waals surface area contributed by atoms with Crippen LogP contribution in [0, 0.1) is 17.3 Å². The van der Waals surface area contributed by atoms with E-state index in [2.05, 4.69) is 6.92 Å². The second-order valence-electron chi connectivity index (χ2n) is 7.37. The highest BCUT2D eigenvalue weighted by atomic mass is 16.3. The van der Waals surface area contributed by atoms with Crippen LogP contribution in [0.15, 0.2) is 18.2 Å². The van der Waals surface area contributed by atoms with Crippen LogP contribution in [-0.2, 0) is 11.2 Å². The summed E-state index contributed by atoms with van der Waals surface area (Å²) in [6, 6.07) is 5.54. The van der Waals surface area contributed by atoms with E-state index in [9.17, 15) is 15.0 Å². The summed E-state index contributed by atoms with van der Waals surface area (Å²) in [6.45, 7) is 2.07. The van der Waals surface area contributed by atoms with E-state index in [1.807, 2.05) is 12.1 Å². The molecule has 0 saturated heterocycles. The molecule has 0 spiro atoms. The molecular weight excluding hydrogens is 264 g/mol. The molecule has 4 rings (SSSR count). The van der Waals surface area contributed by atoms with Gasteiger partial charge in [-0.15, -0.1) is 0 Å². The van der Waals surface area contributed by atoms with Gasteiger partial charge in [0.2, 0.25) is 0 Å². The lowest BCUT2D eigenvalue weighted by molar-refractivity contribution is -0.133. The molecule has 0 amide bonds. The molecule has 3 aliphatic rings. The molecule has 0 aliphatic heterocycles. The molecule has 112 valence electrons. The Hall–Kier alpha value is -1.35. The maximum absolute atomic E-state index is 12.3. The van der Waals surface area contributed by atoms with Gasteiger partial charge in [0.05, 0.1) is 6.10 Å². The van der Waals surface area contributed by atoms with Crippen molar-refractivity contribution >= 4 is 5.78 Å². The Kier molecular flexibility index (Phi) is 2.74. The predicted octanol–water partition coefficient (Wildman–Crippen LogP) is 2.79. The average Bonchev–Trinajstić information content (AvgIpc) is 2.74. The molecule has 0 heterocycles. The van der Waals surface area contributed by atoms with Gasteiger partial charge in [-0.3, -0.25) is 4.79 Å². The van der Waals surface area contributed by atoms with Gasteiger partial charge >= 0.3 is 0 Å². The number of Topliss-reactive ketones (excluding diaryl/α,β-unsaturated/α-hetero) is 1. The van der Waals surface area contributed by atoms with Gasteiger partial charge in [0.25, 0.3) is 0 Å². The number of phenols is 1.